The average molecular weight is 472 g/mol. The zero-order valence-corrected chi connectivity index (χ0v) is 19.7. The lowest BCUT2D eigenvalue weighted by atomic mass is 10.1. The van der Waals surface area contributed by atoms with Gasteiger partial charge in [0.15, 0.2) is 0 Å². The average Bonchev–Trinajstić information content (AvgIpc) is 3.29. The molecule has 0 amide bonds. The highest BCUT2D eigenvalue weighted by molar-refractivity contribution is 5.54. The Kier molecular flexibility index (Phi) is 6.54. The summed E-state index contributed by atoms with van der Waals surface area (Å²) in [6.45, 7) is 4.13. The number of benzene rings is 3. The summed E-state index contributed by atoms with van der Waals surface area (Å²) in [6, 6.07) is 23.8. The summed E-state index contributed by atoms with van der Waals surface area (Å²) in [5, 5.41) is 13.5. The van der Waals surface area contributed by atoms with Crippen LogP contribution in [0.5, 0.6) is 5.75 Å². The highest BCUT2D eigenvalue weighted by atomic mass is 16.5. The van der Waals surface area contributed by atoms with Gasteiger partial charge in [-0.25, -0.2) is 14.0 Å². The first-order chi connectivity index (χ1) is 17.1. The molecule has 3 aromatic carbocycles. The van der Waals surface area contributed by atoms with Crippen molar-refractivity contribution in [2.75, 3.05) is 43.1 Å². The largest absolute Gasteiger partial charge is 0.497 e. The van der Waals surface area contributed by atoms with Crippen molar-refractivity contribution in [3.63, 3.8) is 0 Å². The molecule has 0 spiro atoms. The number of aromatic nitrogens is 3. The molecule has 8 nitrogen and oxygen atoms in total. The van der Waals surface area contributed by atoms with Crippen molar-refractivity contribution < 1.29 is 9.84 Å². The van der Waals surface area contributed by atoms with Crippen LogP contribution in [0.15, 0.2) is 83.9 Å². The fourth-order valence-electron chi connectivity index (χ4n) is 4.39. The predicted molar refractivity (Wildman–Crippen MR) is 137 cm³/mol. The number of piperazine rings is 1. The number of hydrogen-bond acceptors (Lipinski definition) is 6. The van der Waals surface area contributed by atoms with E-state index in [1.54, 1.807) is 18.0 Å². The number of hydrogen-bond donors (Lipinski definition) is 1. The Morgan fingerprint density at radius 1 is 0.771 bits per heavy atom. The molecule has 0 saturated carbocycles. The first-order valence-corrected chi connectivity index (χ1v) is 11.7. The van der Waals surface area contributed by atoms with Crippen LogP contribution in [0.3, 0.4) is 0 Å². The summed E-state index contributed by atoms with van der Waals surface area (Å²) < 4.78 is 8.26. The summed E-state index contributed by atoms with van der Waals surface area (Å²) >= 11 is 0. The molecule has 1 fully saturated rings. The van der Waals surface area contributed by atoms with E-state index in [0.29, 0.717) is 6.54 Å². The van der Waals surface area contributed by atoms with Crippen LogP contribution >= 0.6 is 0 Å². The summed E-state index contributed by atoms with van der Waals surface area (Å²) in [5.41, 5.74) is 4.76. The van der Waals surface area contributed by atoms with Crippen molar-refractivity contribution >= 4 is 11.4 Å². The molecule has 1 N–H and O–H groups in total. The number of methoxy groups -OCH3 is 1. The molecule has 1 aromatic heterocycles. The second kappa shape index (κ2) is 10.1. The van der Waals surface area contributed by atoms with Gasteiger partial charge < -0.3 is 19.6 Å². The van der Waals surface area contributed by atoms with Gasteiger partial charge >= 0.3 is 5.69 Å². The van der Waals surface area contributed by atoms with E-state index in [4.69, 9.17) is 4.74 Å². The predicted octanol–water partition coefficient (Wildman–Crippen LogP) is 2.91. The molecule has 0 bridgehead atoms. The van der Waals surface area contributed by atoms with E-state index in [1.165, 1.54) is 10.4 Å². The van der Waals surface area contributed by atoms with Crippen molar-refractivity contribution in [2.45, 2.75) is 13.2 Å². The zero-order chi connectivity index (χ0) is 24.2. The van der Waals surface area contributed by atoms with E-state index in [9.17, 15) is 9.90 Å². The number of ether oxygens (including phenoxy) is 1. The molecule has 4 aromatic rings. The van der Waals surface area contributed by atoms with Gasteiger partial charge in [0.1, 0.15) is 12.1 Å². The van der Waals surface area contributed by atoms with E-state index in [1.807, 2.05) is 48.5 Å². The maximum absolute atomic E-state index is 12.9. The fourth-order valence-corrected chi connectivity index (χ4v) is 4.39. The van der Waals surface area contributed by atoms with Gasteiger partial charge in [-0.2, -0.15) is 5.10 Å². The third kappa shape index (κ3) is 4.93. The monoisotopic (exact) mass is 471 g/mol. The quantitative estimate of drug-likeness (QED) is 0.447. The Balaban J connectivity index is 1.22. The smallest absolute Gasteiger partial charge is 0.350 e. The Morgan fingerprint density at radius 3 is 1.83 bits per heavy atom. The van der Waals surface area contributed by atoms with Crippen LogP contribution in [-0.2, 0) is 13.2 Å². The van der Waals surface area contributed by atoms with E-state index >= 15 is 0 Å². The van der Waals surface area contributed by atoms with Gasteiger partial charge in [-0.15, -0.1) is 0 Å². The van der Waals surface area contributed by atoms with Crippen molar-refractivity contribution in [3.05, 3.63) is 101 Å². The fraction of sp³-hybridized carbons (Fsp3) is 0.259. The Hall–Kier alpha value is -4.04. The molecule has 0 aliphatic carbocycles. The second-order valence-corrected chi connectivity index (χ2v) is 8.60. The van der Waals surface area contributed by atoms with Crippen LogP contribution in [0.1, 0.15) is 11.1 Å². The maximum atomic E-state index is 12.9. The van der Waals surface area contributed by atoms with Crippen LogP contribution in [0, 0.1) is 0 Å². The highest BCUT2D eigenvalue weighted by Gasteiger charge is 2.18. The van der Waals surface area contributed by atoms with E-state index in [2.05, 4.69) is 39.2 Å². The summed E-state index contributed by atoms with van der Waals surface area (Å²) in [4.78, 5) is 17.6. The molecule has 8 heteroatoms. The SMILES string of the molecule is COc1ccc(N2CCN(c3ccc(-n4cnn(Cc5ccc(CO)cc5)c4=O)cc3)CC2)cc1. The van der Waals surface area contributed by atoms with E-state index in [-0.39, 0.29) is 12.3 Å². The number of anilines is 2. The van der Waals surface area contributed by atoms with E-state index < -0.39 is 0 Å². The van der Waals surface area contributed by atoms with Crippen molar-refractivity contribution in [3.8, 4) is 11.4 Å². The molecule has 5 rings (SSSR count). The Labute approximate surface area is 204 Å². The molecule has 180 valence electrons. The Bertz CT molecular complexity index is 1300. The van der Waals surface area contributed by atoms with Gasteiger partial charge in [0.2, 0.25) is 0 Å². The summed E-state index contributed by atoms with van der Waals surface area (Å²) in [7, 11) is 1.68. The van der Waals surface area contributed by atoms with Crippen LogP contribution < -0.4 is 20.2 Å². The molecule has 0 radical (unpaired) electrons. The van der Waals surface area contributed by atoms with Crippen molar-refractivity contribution in [1.82, 2.24) is 14.3 Å². The molecule has 2 heterocycles. The van der Waals surface area contributed by atoms with Crippen LogP contribution in [0.4, 0.5) is 11.4 Å². The number of rotatable bonds is 7. The molecule has 1 saturated heterocycles. The molecule has 0 unspecified atom stereocenters. The first kappa shape index (κ1) is 22.7. The molecule has 35 heavy (non-hydrogen) atoms. The standard InChI is InChI=1S/C27H29N5O3/c1-35-26-12-10-24(11-13-26)30-16-14-29(15-17-30)23-6-8-25(9-7-23)31-20-28-32(27(31)34)18-21-2-4-22(19-33)5-3-21/h2-13,20,33H,14-19H2,1H3. The zero-order valence-electron chi connectivity index (χ0n) is 19.7. The lowest BCUT2D eigenvalue weighted by Crippen LogP contribution is -2.46. The number of aliphatic hydroxyl groups is 1. The van der Waals surface area contributed by atoms with Crippen LogP contribution in [0.25, 0.3) is 5.69 Å². The minimum atomic E-state index is -0.183. The van der Waals surface area contributed by atoms with Gasteiger partial charge in [0.25, 0.3) is 0 Å². The third-order valence-corrected chi connectivity index (χ3v) is 6.48. The Morgan fingerprint density at radius 2 is 1.29 bits per heavy atom. The van der Waals surface area contributed by atoms with Gasteiger partial charge in [-0.05, 0) is 59.7 Å². The van der Waals surface area contributed by atoms with Gasteiger partial charge in [-0.3, -0.25) is 0 Å². The molecule has 1 aliphatic rings. The highest BCUT2D eigenvalue weighted by Crippen LogP contribution is 2.23. The van der Waals surface area contributed by atoms with Crippen LogP contribution in [0.2, 0.25) is 0 Å². The van der Waals surface area contributed by atoms with Crippen LogP contribution in [-0.4, -0.2) is 52.7 Å². The summed E-state index contributed by atoms with van der Waals surface area (Å²) in [6.07, 6.45) is 1.56. The molecule has 0 atom stereocenters. The first-order valence-electron chi connectivity index (χ1n) is 11.7. The molecule has 1 aliphatic heterocycles. The third-order valence-electron chi connectivity index (χ3n) is 6.48. The maximum Gasteiger partial charge on any atom is 0.350 e. The molecular formula is C27H29N5O3. The number of nitrogens with zero attached hydrogens (tertiary/aromatic N) is 5. The number of aliphatic hydroxyl groups excluding tert-OH is 1. The van der Waals surface area contributed by atoms with Gasteiger partial charge in [0, 0.05) is 37.6 Å². The second-order valence-electron chi connectivity index (χ2n) is 8.60. The van der Waals surface area contributed by atoms with E-state index in [0.717, 1.165) is 54.4 Å². The summed E-state index contributed by atoms with van der Waals surface area (Å²) in [5.74, 6) is 0.869. The normalized spacial score (nSPS) is 13.8. The van der Waals surface area contributed by atoms with Gasteiger partial charge in [-0.1, -0.05) is 24.3 Å². The van der Waals surface area contributed by atoms with Crippen molar-refractivity contribution in [1.29, 1.82) is 0 Å². The van der Waals surface area contributed by atoms with Crippen molar-refractivity contribution in [2.24, 2.45) is 0 Å². The lowest BCUT2D eigenvalue weighted by molar-refractivity contribution is 0.282. The lowest BCUT2D eigenvalue weighted by Gasteiger charge is -2.37. The van der Waals surface area contributed by atoms with Gasteiger partial charge in [0.05, 0.1) is 25.9 Å². The minimum absolute atomic E-state index is 0.00318. The molecular weight excluding hydrogens is 442 g/mol. The minimum Gasteiger partial charge on any atom is -0.497 e. The topological polar surface area (TPSA) is 75.8 Å².